The maximum atomic E-state index is 12.5. The van der Waals surface area contributed by atoms with E-state index in [0.29, 0.717) is 18.1 Å². The standard InChI is InChI=1S/C10H14ClN3O2S2/c1-3-5-13(4-2)18(15,16)9-8(11)12-10-14(9)6-7-17-10/h6-7H,3-5H2,1-2H3. The summed E-state index contributed by atoms with van der Waals surface area (Å²) in [5.41, 5.74) is 0. The lowest BCUT2D eigenvalue weighted by Gasteiger charge is -2.19. The first-order valence-corrected chi connectivity index (χ1v) is 8.33. The molecule has 0 bridgehead atoms. The van der Waals surface area contributed by atoms with Crippen LogP contribution in [0.2, 0.25) is 5.15 Å². The lowest BCUT2D eigenvalue weighted by Crippen LogP contribution is -2.32. The van der Waals surface area contributed by atoms with Crippen LogP contribution in [0.5, 0.6) is 0 Å². The molecule has 0 aliphatic heterocycles. The molecule has 0 aromatic carbocycles. The van der Waals surface area contributed by atoms with Gasteiger partial charge in [0.2, 0.25) is 0 Å². The molecule has 0 aliphatic rings. The van der Waals surface area contributed by atoms with Crippen molar-refractivity contribution in [3.63, 3.8) is 0 Å². The highest BCUT2D eigenvalue weighted by atomic mass is 35.5. The number of hydrogen-bond acceptors (Lipinski definition) is 4. The van der Waals surface area contributed by atoms with E-state index in [-0.39, 0.29) is 10.2 Å². The van der Waals surface area contributed by atoms with Crippen molar-refractivity contribution >= 4 is 37.9 Å². The summed E-state index contributed by atoms with van der Waals surface area (Å²) in [6, 6.07) is 0. The molecule has 0 fully saturated rings. The highest BCUT2D eigenvalue weighted by molar-refractivity contribution is 7.89. The van der Waals surface area contributed by atoms with E-state index in [4.69, 9.17) is 11.6 Å². The maximum absolute atomic E-state index is 12.5. The summed E-state index contributed by atoms with van der Waals surface area (Å²) >= 11 is 7.32. The molecular formula is C10H14ClN3O2S2. The summed E-state index contributed by atoms with van der Waals surface area (Å²) in [5.74, 6) is 0. The minimum Gasteiger partial charge on any atom is -0.279 e. The van der Waals surface area contributed by atoms with E-state index in [1.165, 1.54) is 20.0 Å². The Balaban J connectivity index is 2.58. The third kappa shape index (κ3) is 2.16. The molecule has 18 heavy (non-hydrogen) atoms. The first-order valence-electron chi connectivity index (χ1n) is 5.63. The molecule has 0 radical (unpaired) electrons. The Bertz CT molecular complexity index is 647. The van der Waals surface area contributed by atoms with E-state index >= 15 is 0 Å². The second-order valence-corrected chi connectivity index (χ2v) is 6.84. The van der Waals surface area contributed by atoms with Crippen molar-refractivity contribution in [1.82, 2.24) is 13.7 Å². The number of thiazole rings is 1. The van der Waals surface area contributed by atoms with Gasteiger partial charge in [0.05, 0.1) is 0 Å². The summed E-state index contributed by atoms with van der Waals surface area (Å²) in [7, 11) is -3.59. The number of hydrogen-bond donors (Lipinski definition) is 0. The minimum atomic E-state index is -3.59. The maximum Gasteiger partial charge on any atom is 0.262 e. The van der Waals surface area contributed by atoms with Crippen LogP contribution in [0.1, 0.15) is 20.3 Å². The van der Waals surface area contributed by atoms with Crippen LogP contribution in [0, 0.1) is 0 Å². The Morgan fingerprint density at radius 3 is 2.83 bits per heavy atom. The largest absolute Gasteiger partial charge is 0.279 e. The van der Waals surface area contributed by atoms with Crippen LogP contribution in [0.4, 0.5) is 0 Å². The normalized spacial score (nSPS) is 12.7. The fraction of sp³-hybridized carbons (Fsp3) is 0.500. The van der Waals surface area contributed by atoms with E-state index in [1.54, 1.807) is 11.6 Å². The summed E-state index contributed by atoms with van der Waals surface area (Å²) in [6.45, 7) is 4.65. The number of fused-ring (bicyclic) bond motifs is 1. The van der Waals surface area contributed by atoms with Crippen molar-refractivity contribution in [2.24, 2.45) is 0 Å². The number of rotatable bonds is 5. The minimum absolute atomic E-state index is 0.0383. The monoisotopic (exact) mass is 307 g/mol. The van der Waals surface area contributed by atoms with Crippen LogP contribution < -0.4 is 0 Å². The van der Waals surface area contributed by atoms with Crippen molar-refractivity contribution < 1.29 is 8.42 Å². The third-order valence-corrected chi connectivity index (χ3v) is 5.72. The molecule has 2 aromatic heterocycles. The van der Waals surface area contributed by atoms with Gasteiger partial charge in [-0.25, -0.2) is 13.4 Å². The summed E-state index contributed by atoms with van der Waals surface area (Å²) in [4.78, 5) is 4.65. The van der Waals surface area contributed by atoms with Gasteiger partial charge in [0, 0.05) is 24.7 Å². The second-order valence-electron chi connectivity index (χ2n) is 3.76. The molecule has 0 aliphatic carbocycles. The van der Waals surface area contributed by atoms with Crippen molar-refractivity contribution in [1.29, 1.82) is 0 Å². The zero-order chi connectivity index (χ0) is 13.3. The van der Waals surface area contributed by atoms with E-state index in [9.17, 15) is 8.42 Å². The fourth-order valence-electron chi connectivity index (χ4n) is 1.79. The number of imidazole rings is 1. The number of aromatic nitrogens is 2. The average Bonchev–Trinajstić information content (AvgIpc) is 2.84. The first kappa shape index (κ1) is 13.8. The van der Waals surface area contributed by atoms with Gasteiger partial charge >= 0.3 is 0 Å². The van der Waals surface area contributed by atoms with Crippen molar-refractivity contribution in [2.45, 2.75) is 25.3 Å². The van der Waals surface area contributed by atoms with Gasteiger partial charge in [0.25, 0.3) is 10.0 Å². The number of nitrogens with zero attached hydrogens (tertiary/aromatic N) is 3. The molecule has 0 spiro atoms. The van der Waals surface area contributed by atoms with Crippen LogP contribution in [-0.2, 0) is 10.0 Å². The molecule has 2 rings (SSSR count). The van der Waals surface area contributed by atoms with Crippen molar-refractivity contribution in [3.8, 4) is 0 Å². The molecular weight excluding hydrogens is 294 g/mol. The van der Waals surface area contributed by atoms with Gasteiger partial charge < -0.3 is 0 Å². The Morgan fingerprint density at radius 2 is 2.22 bits per heavy atom. The smallest absolute Gasteiger partial charge is 0.262 e. The van der Waals surface area contributed by atoms with Gasteiger partial charge in [-0.3, -0.25) is 4.40 Å². The predicted octanol–water partition coefficient (Wildman–Crippen LogP) is 2.47. The summed E-state index contributed by atoms with van der Waals surface area (Å²) in [5, 5.41) is 1.89. The molecule has 0 saturated carbocycles. The molecule has 0 unspecified atom stereocenters. The fourth-order valence-corrected chi connectivity index (χ4v) is 4.74. The average molecular weight is 308 g/mol. The molecule has 0 atom stereocenters. The Morgan fingerprint density at radius 1 is 1.50 bits per heavy atom. The lowest BCUT2D eigenvalue weighted by atomic mass is 10.5. The highest BCUT2D eigenvalue weighted by Crippen LogP contribution is 2.27. The Labute approximate surface area is 115 Å². The van der Waals surface area contributed by atoms with Gasteiger partial charge in [0.1, 0.15) is 0 Å². The van der Waals surface area contributed by atoms with Crippen LogP contribution in [0.15, 0.2) is 16.6 Å². The van der Waals surface area contributed by atoms with Crippen molar-refractivity contribution in [3.05, 3.63) is 16.7 Å². The zero-order valence-electron chi connectivity index (χ0n) is 10.1. The second kappa shape index (κ2) is 5.16. The van der Waals surface area contributed by atoms with Gasteiger partial charge in [-0.1, -0.05) is 25.4 Å². The predicted molar refractivity (Wildman–Crippen MR) is 72.8 cm³/mol. The topological polar surface area (TPSA) is 54.7 Å². The van der Waals surface area contributed by atoms with Crippen LogP contribution in [0.3, 0.4) is 0 Å². The van der Waals surface area contributed by atoms with E-state index in [1.807, 2.05) is 13.8 Å². The molecule has 2 heterocycles. The van der Waals surface area contributed by atoms with Crippen LogP contribution in [0.25, 0.3) is 4.96 Å². The molecule has 0 saturated heterocycles. The summed E-state index contributed by atoms with van der Waals surface area (Å²) in [6.07, 6.45) is 2.43. The first-order chi connectivity index (χ1) is 8.52. The lowest BCUT2D eigenvalue weighted by molar-refractivity contribution is 0.424. The number of halogens is 1. The van der Waals surface area contributed by atoms with Gasteiger partial charge in [-0.05, 0) is 6.42 Å². The molecule has 0 N–H and O–H groups in total. The van der Waals surface area contributed by atoms with Crippen LogP contribution >= 0.6 is 22.9 Å². The molecule has 8 heteroatoms. The molecule has 0 amide bonds. The SMILES string of the molecule is CCCN(CC)S(=O)(=O)c1c(Cl)nc2sccn12. The molecule has 100 valence electrons. The summed E-state index contributed by atoms with van der Waals surface area (Å²) < 4.78 is 28.0. The Hall–Kier alpha value is -0.630. The van der Waals surface area contributed by atoms with Crippen molar-refractivity contribution in [2.75, 3.05) is 13.1 Å². The van der Waals surface area contributed by atoms with Crippen LogP contribution in [-0.4, -0.2) is 35.2 Å². The third-order valence-electron chi connectivity index (χ3n) is 2.59. The van der Waals surface area contributed by atoms with E-state index in [0.717, 1.165) is 6.42 Å². The zero-order valence-corrected chi connectivity index (χ0v) is 12.5. The van der Waals surface area contributed by atoms with E-state index < -0.39 is 10.0 Å². The molecule has 2 aromatic rings. The molecule has 5 nitrogen and oxygen atoms in total. The highest BCUT2D eigenvalue weighted by Gasteiger charge is 2.30. The quantitative estimate of drug-likeness (QED) is 0.852. The van der Waals surface area contributed by atoms with E-state index in [2.05, 4.69) is 4.98 Å². The van der Waals surface area contributed by atoms with Gasteiger partial charge in [0.15, 0.2) is 15.1 Å². The van der Waals surface area contributed by atoms with Gasteiger partial charge in [-0.2, -0.15) is 4.31 Å². The van der Waals surface area contributed by atoms with Gasteiger partial charge in [-0.15, -0.1) is 11.3 Å². The Kier molecular flexibility index (Phi) is 3.96. The number of sulfonamides is 1.